The number of non-ortho nitro benzene ring substituents is 1. The van der Waals surface area contributed by atoms with Crippen LogP contribution in [-0.2, 0) is 9.53 Å². The van der Waals surface area contributed by atoms with E-state index in [-0.39, 0.29) is 40.9 Å². The molecule has 4 aromatic carbocycles. The Bertz CT molecular complexity index is 2420. The third-order valence-electron chi connectivity index (χ3n) is 8.35. The van der Waals surface area contributed by atoms with E-state index in [1.165, 1.54) is 17.7 Å². The number of thiazole rings is 1. The number of benzene rings is 4. The van der Waals surface area contributed by atoms with Gasteiger partial charge in [0.15, 0.2) is 16.3 Å². The number of aromatic nitrogens is 1. The van der Waals surface area contributed by atoms with E-state index in [2.05, 4.69) is 13.8 Å². The zero-order chi connectivity index (χ0) is 37.1. The van der Waals surface area contributed by atoms with Crippen molar-refractivity contribution in [1.29, 1.82) is 0 Å². The van der Waals surface area contributed by atoms with Gasteiger partial charge in [-0.2, -0.15) is 0 Å². The van der Waals surface area contributed by atoms with Gasteiger partial charge in [0, 0.05) is 11.6 Å². The number of fused-ring (bicyclic) bond motifs is 1. The lowest BCUT2D eigenvalue weighted by Gasteiger charge is -2.26. The lowest BCUT2D eigenvalue weighted by molar-refractivity contribution is -0.394. The second-order valence-electron chi connectivity index (χ2n) is 11.9. The van der Waals surface area contributed by atoms with Gasteiger partial charge in [-0.05, 0) is 53.8 Å². The van der Waals surface area contributed by atoms with Gasteiger partial charge in [0.05, 0.1) is 51.5 Å². The van der Waals surface area contributed by atoms with E-state index in [9.17, 15) is 29.8 Å². The molecule has 1 atom stereocenters. The number of nitro groups is 2. The van der Waals surface area contributed by atoms with Crippen LogP contribution in [0.15, 0.2) is 106 Å². The van der Waals surface area contributed by atoms with E-state index in [1.54, 1.807) is 25.1 Å². The van der Waals surface area contributed by atoms with E-state index >= 15 is 0 Å². The van der Waals surface area contributed by atoms with Gasteiger partial charge in [-0.15, -0.1) is 0 Å². The summed E-state index contributed by atoms with van der Waals surface area (Å²) < 4.78 is 18.7. The summed E-state index contributed by atoms with van der Waals surface area (Å²) in [6.07, 6.45) is 1.65. The lowest BCUT2D eigenvalue weighted by atomic mass is 9.91. The molecule has 0 bridgehead atoms. The molecule has 1 aromatic heterocycles. The van der Waals surface area contributed by atoms with E-state index < -0.39 is 33.2 Å². The summed E-state index contributed by atoms with van der Waals surface area (Å²) in [5.41, 5.74) is 2.28. The van der Waals surface area contributed by atoms with Gasteiger partial charge in [0.2, 0.25) is 5.75 Å². The van der Waals surface area contributed by atoms with Crippen LogP contribution in [0, 0.1) is 20.2 Å². The predicted molar refractivity (Wildman–Crippen MR) is 194 cm³/mol. The lowest BCUT2D eigenvalue weighted by Crippen LogP contribution is -2.40. The number of carbonyl (C=O) groups excluding carboxylic acids is 1. The SMILES string of the molecule is CCOC(=O)C1=C(c2ccccc2)N=c2s/c(=C\c3ccc(Oc4ccc([N+](=O)[O-])cc4[N+](=O)[O-])c(OC)c3)c(=O)n2[C@@H]1c1ccc(C(C)C)cc1. The molecule has 2 heterocycles. The molecule has 13 nitrogen and oxygen atoms in total. The van der Waals surface area contributed by atoms with Gasteiger partial charge in [0.25, 0.3) is 11.2 Å². The van der Waals surface area contributed by atoms with E-state index in [4.69, 9.17) is 19.2 Å². The predicted octanol–water partition coefficient (Wildman–Crippen LogP) is 6.68. The Labute approximate surface area is 300 Å². The van der Waals surface area contributed by atoms with Gasteiger partial charge in [-0.1, -0.05) is 85.8 Å². The zero-order valence-electron chi connectivity index (χ0n) is 28.5. The number of esters is 1. The normalized spacial score (nSPS) is 14.1. The molecule has 0 saturated heterocycles. The molecule has 0 aliphatic carbocycles. The zero-order valence-corrected chi connectivity index (χ0v) is 29.3. The molecular formula is C38H32N4O9S. The second-order valence-corrected chi connectivity index (χ2v) is 12.9. The molecular weight excluding hydrogens is 689 g/mol. The van der Waals surface area contributed by atoms with Crippen LogP contribution in [0.4, 0.5) is 11.4 Å². The molecule has 14 heteroatoms. The second kappa shape index (κ2) is 14.8. The van der Waals surface area contributed by atoms with Gasteiger partial charge in [0.1, 0.15) is 0 Å². The Morgan fingerprint density at radius 2 is 1.65 bits per heavy atom. The molecule has 1 aliphatic rings. The maximum Gasteiger partial charge on any atom is 0.338 e. The van der Waals surface area contributed by atoms with Crippen molar-refractivity contribution in [2.24, 2.45) is 4.99 Å². The Balaban J connectivity index is 1.48. The first-order valence-corrected chi connectivity index (χ1v) is 17.0. The average molecular weight is 721 g/mol. The fourth-order valence-electron chi connectivity index (χ4n) is 5.80. The number of nitrogens with zero attached hydrogens (tertiary/aromatic N) is 4. The van der Waals surface area contributed by atoms with Gasteiger partial charge in [-0.25, -0.2) is 9.79 Å². The molecule has 52 heavy (non-hydrogen) atoms. The molecule has 264 valence electrons. The van der Waals surface area contributed by atoms with E-state index in [1.807, 2.05) is 54.6 Å². The summed E-state index contributed by atoms with van der Waals surface area (Å²) in [7, 11) is 1.39. The highest BCUT2D eigenvalue weighted by Gasteiger charge is 2.35. The molecule has 5 aromatic rings. The van der Waals surface area contributed by atoms with Crippen molar-refractivity contribution in [3.63, 3.8) is 0 Å². The highest BCUT2D eigenvalue weighted by Crippen LogP contribution is 2.39. The van der Waals surface area contributed by atoms with Crippen LogP contribution < -0.4 is 24.4 Å². The molecule has 0 amide bonds. The molecule has 0 saturated carbocycles. The van der Waals surface area contributed by atoms with Gasteiger partial charge < -0.3 is 14.2 Å². The topological polar surface area (TPSA) is 165 Å². The minimum absolute atomic E-state index is 0.106. The quantitative estimate of drug-likeness (QED) is 0.0822. The van der Waals surface area contributed by atoms with E-state index in [0.717, 1.165) is 35.1 Å². The number of carbonyl (C=O) groups is 1. The van der Waals surface area contributed by atoms with Crippen LogP contribution in [0.3, 0.4) is 0 Å². The van der Waals surface area contributed by atoms with Crippen LogP contribution >= 0.6 is 11.3 Å². The fraction of sp³-hybridized carbons (Fsp3) is 0.184. The van der Waals surface area contributed by atoms with Crippen LogP contribution in [-0.4, -0.2) is 34.1 Å². The number of hydrogen-bond acceptors (Lipinski definition) is 11. The van der Waals surface area contributed by atoms with E-state index in [0.29, 0.717) is 31.7 Å². The van der Waals surface area contributed by atoms with Gasteiger partial charge >= 0.3 is 11.7 Å². The van der Waals surface area contributed by atoms with Crippen molar-refractivity contribution >= 4 is 40.5 Å². The van der Waals surface area contributed by atoms with Crippen molar-refractivity contribution in [2.75, 3.05) is 13.7 Å². The molecule has 0 N–H and O–H groups in total. The number of methoxy groups -OCH3 is 1. The Morgan fingerprint density at radius 1 is 0.942 bits per heavy atom. The average Bonchev–Trinajstić information content (AvgIpc) is 3.45. The maximum absolute atomic E-state index is 14.3. The van der Waals surface area contributed by atoms with Crippen LogP contribution in [0.2, 0.25) is 0 Å². The largest absolute Gasteiger partial charge is 0.493 e. The molecule has 6 rings (SSSR count). The summed E-state index contributed by atoms with van der Waals surface area (Å²) in [6, 6.07) is 24.1. The first-order valence-electron chi connectivity index (χ1n) is 16.2. The Hall–Kier alpha value is -6.41. The molecule has 0 radical (unpaired) electrons. The summed E-state index contributed by atoms with van der Waals surface area (Å²) >= 11 is 1.16. The number of nitro benzene ring substituents is 2. The molecule has 0 unspecified atom stereocenters. The summed E-state index contributed by atoms with van der Waals surface area (Å²) in [4.78, 5) is 54.7. The Kier molecular flexibility index (Phi) is 10.1. The monoisotopic (exact) mass is 720 g/mol. The summed E-state index contributed by atoms with van der Waals surface area (Å²) in [5, 5.41) is 22.8. The first kappa shape index (κ1) is 35.4. The highest BCUT2D eigenvalue weighted by atomic mass is 32.1. The standard InChI is InChI=1S/C38H32N4O9S/c1-5-50-37(44)33-34(25-9-7-6-8-10-25)39-38-40(35(33)26-14-12-24(13-15-26)22(2)3)36(43)32(52-38)20-23-11-17-30(31(19-23)49-4)51-29-18-16-27(41(45)46)21-28(29)42(47)48/h6-22,35H,5H2,1-4H3/b32-20-/t35-/m1/s1. The van der Waals surface area contributed by atoms with Crippen molar-refractivity contribution in [3.05, 3.63) is 159 Å². The van der Waals surface area contributed by atoms with Crippen molar-refractivity contribution in [1.82, 2.24) is 4.57 Å². The smallest absolute Gasteiger partial charge is 0.338 e. The van der Waals surface area contributed by atoms with Crippen molar-refractivity contribution in [2.45, 2.75) is 32.7 Å². The third-order valence-corrected chi connectivity index (χ3v) is 9.33. The van der Waals surface area contributed by atoms with Crippen molar-refractivity contribution < 1.29 is 28.9 Å². The highest BCUT2D eigenvalue weighted by molar-refractivity contribution is 7.07. The fourth-order valence-corrected chi connectivity index (χ4v) is 6.80. The Morgan fingerprint density at radius 3 is 2.29 bits per heavy atom. The number of hydrogen-bond donors (Lipinski definition) is 0. The first-order chi connectivity index (χ1) is 25.0. The van der Waals surface area contributed by atoms with Crippen LogP contribution in [0.5, 0.6) is 17.2 Å². The molecule has 0 spiro atoms. The summed E-state index contributed by atoms with van der Waals surface area (Å²) in [5.74, 6) is -0.231. The minimum atomic E-state index is -0.836. The number of rotatable bonds is 11. The summed E-state index contributed by atoms with van der Waals surface area (Å²) in [6.45, 7) is 6.03. The van der Waals surface area contributed by atoms with Crippen LogP contribution in [0.25, 0.3) is 11.8 Å². The minimum Gasteiger partial charge on any atom is -0.493 e. The third kappa shape index (κ3) is 6.96. The van der Waals surface area contributed by atoms with Crippen molar-refractivity contribution in [3.8, 4) is 17.2 Å². The number of ether oxygens (including phenoxy) is 3. The molecule has 1 aliphatic heterocycles. The molecule has 0 fully saturated rings. The maximum atomic E-state index is 14.3. The van der Waals surface area contributed by atoms with Crippen LogP contribution in [0.1, 0.15) is 55.0 Å². The van der Waals surface area contributed by atoms with Gasteiger partial charge in [-0.3, -0.25) is 29.6 Å².